The summed E-state index contributed by atoms with van der Waals surface area (Å²) in [4.78, 5) is 0.356. The van der Waals surface area contributed by atoms with Gasteiger partial charge in [0.2, 0.25) is 10.0 Å². The van der Waals surface area contributed by atoms with E-state index in [4.69, 9.17) is 0 Å². The molecule has 0 spiro atoms. The number of aryl methyl sites for hydroxylation is 1. The van der Waals surface area contributed by atoms with Crippen LogP contribution >= 0.6 is 0 Å². The predicted molar refractivity (Wildman–Crippen MR) is 60.3 cm³/mol. The van der Waals surface area contributed by atoms with Crippen molar-refractivity contribution in [1.29, 1.82) is 0 Å². The van der Waals surface area contributed by atoms with Crippen molar-refractivity contribution < 1.29 is 8.42 Å². The summed E-state index contributed by atoms with van der Waals surface area (Å²) in [6.45, 7) is 1.94. The first-order chi connectivity index (χ1) is 6.58. The molecule has 1 aliphatic carbocycles. The van der Waals surface area contributed by atoms with Gasteiger partial charge in [0.15, 0.2) is 0 Å². The minimum absolute atomic E-state index is 0. The van der Waals surface area contributed by atoms with Gasteiger partial charge in [0.25, 0.3) is 0 Å². The topological polar surface area (TPSA) is 46.2 Å². The van der Waals surface area contributed by atoms with Crippen LogP contribution in [-0.2, 0) is 10.0 Å². The van der Waals surface area contributed by atoms with Crippen LogP contribution in [0.15, 0.2) is 29.2 Å². The molecule has 0 atom stereocenters. The van der Waals surface area contributed by atoms with E-state index in [2.05, 4.69) is 4.72 Å². The summed E-state index contributed by atoms with van der Waals surface area (Å²) in [6.07, 6.45) is 1.93. The Bertz CT molecular complexity index is 423. The standard InChI is InChI=1S/C10H13NO2S.Na/c1-8-2-6-10(7-3-8)14(12,13)11-9-4-5-9;/h2-3,6-7,9,11H,4-5H2,1H3;. The molecule has 0 bridgehead atoms. The Morgan fingerprint density at radius 2 is 1.73 bits per heavy atom. The molecular weight excluding hydrogens is 221 g/mol. The van der Waals surface area contributed by atoms with E-state index < -0.39 is 10.0 Å². The molecule has 15 heavy (non-hydrogen) atoms. The Hall–Kier alpha value is 0.130. The largest absolute Gasteiger partial charge is 0.240 e. The van der Waals surface area contributed by atoms with Gasteiger partial charge in [0.05, 0.1) is 4.90 Å². The van der Waals surface area contributed by atoms with Crippen LogP contribution in [0.2, 0.25) is 0 Å². The Morgan fingerprint density at radius 3 is 2.20 bits per heavy atom. The molecule has 1 saturated carbocycles. The van der Waals surface area contributed by atoms with Gasteiger partial charge in [-0.1, -0.05) is 17.7 Å². The van der Waals surface area contributed by atoms with Crippen molar-refractivity contribution in [1.82, 2.24) is 4.72 Å². The molecule has 1 N–H and O–H groups in total. The molecule has 1 aromatic rings. The smallest absolute Gasteiger partial charge is 0.208 e. The zero-order chi connectivity index (χ0) is 10.2. The summed E-state index contributed by atoms with van der Waals surface area (Å²) in [5.41, 5.74) is 1.07. The van der Waals surface area contributed by atoms with Crippen molar-refractivity contribution in [3.8, 4) is 0 Å². The molecule has 0 unspecified atom stereocenters. The Labute approximate surface area is 113 Å². The van der Waals surface area contributed by atoms with E-state index in [1.54, 1.807) is 12.1 Å². The molecule has 2 rings (SSSR count). The van der Waals surface area contributed by atoms with E-state index in [0.717, 1.165) is 18.4 Å². The fourth-order valence-corrected chi connectivity index (χ4v) is 2.51. The molecule has 77 valence electrons. The van der Waals surface area contributed by atoms with Crippen LogP contribution in [-0.4, -0.2) is 44.0 Å². The summed E-state index contributed by atoms with van der Waals surface area (Å²) in [6, 6.07) is 7.06. The van der Waals surface area contributed by atoms with Gasteiger partial charge in [0.1, 0.15) is 0 Å². The maximum absolute atomic E-state index is 11.7. The van der Waals surface area contributed by atoms with Crippen LogP contribution < -0.4 is 4.72 Å². The number of hydrogen-bond acceptors (Lipinski definition) is 2. The minimum Gasteiger partial charge on any atom is -0.208 e. The van der Waals surface area contributed by atoms with E-state index in [1.807, 2.05) is 19.1 Å². The van der Waals surface area contributed by atoms with E-state index in [0.29, 0.717) is 4.90 Å². The van der Waals surface area contributed by atoms with E-state index >= 15 is 0 Å². The van der Waals surface area contributed by atoms with Crippen molar-refractivity contribution in [3.63, 3.8) is 0 Å². The second kappa shape index (κ2) is 4.97. The van der Waals surface area contributed by atoms with Gasteiger partial charge in [-0.15, -0.1) is 0 Å². The van der Waals surface area contributed by atoms with E-state index in [9.17, 15) is 8.42 Å². The molecule has 0 amide bonds. The molecule has 1 radical (unpaired) electrons. The first-order valence-corrected chi connectivity index (χ1v) is 6.15. The molecule has 5 heteroatoms. The fraction of sp³-hybridized carbons (Fsp3) is 0.400. The Balaban J connectivity index is 0.00000112. The van der Waals surface area contributed by atoms with Crippen LogP contribution in [0, 0.1) is 6.92 Å². The van der Waals surface area contributed by atoms with Gasteiger partial charge in [0, 0.05) is 35.6 Å². The summed E-state index contributed by atoms with van der Waals surface area (Å²) >= 11 is 0. The second-order valence-corrected chi connectivity index (χ2v) is 5.42. The van der Waals surface area contributed by atoms with Crippen LogP contribution in [0.3, 0.4) is 0 Å². The molecule has 0 saturated heterocycles. The minimum atomic E-state index is -3.26. The van der Waals surface area contributed by atoms with Gasteiger partial charge in [-0.3, -0.25) is 0 Å². The third kappa shape index (κ3) is 3.57. The molecule has 0 aromatic heterocycles. The van der Waals surface area contributed by atoms with Gasteiger partial charge in [-0.05, 0) is 31.9 Å². The summed E-state index contributed by atoms with van der Waals surface area (Å²) in [5, 5.41) is 0. The van der Waals surface area contributed by atoms with Crippen molar-refractivity contribution in [3.05, 3.63) is 29.8 Å². The summed E-state index contributed by atoms with van der Waals surface area (Å²) < 4.78 is 26.0. The maximum Gasteiger partial charge on any atom is 0.240 e. The zero-order valence-corrected chi connectivity index (χ0v) is 11.8. The molecule has 1 aliphatic rings. The average molecular weight is 234 g/mol. The summed E-state index contributed by atoms with van der Waals surface area (Å²) in [5.74, 6) is 0. The number of nitrogens with one attached hydrogen (secondary N) is 1. The monoisotopic (exact) mass is 234 g/mol. The quantitative estimate of drug-likeness (QED) is 0.795. The zero-order valence-electron chi connectivity index (χ0n) is 9.03. The van der Waals surface area contributed by atoms with Gasteiger partial charge < -0.3 is 0 Å². The Kier molecular flexibility index (Phi) is 4.38. The van der Waals surface area contributed by atoms with Crippen LogP contribution in [0.4, 0.5) is 0 Å². The molecule has 0 heterocycles. The Morgan fingerprint density at radius 1 is 1.20 bits per heavy atom. The first-order valence-electron chi connectivity index (χ1n) is 4.67. The number of sulfonamides is 1. The fourth-order valence-electron chi connectivity index (χ4n) is 1.21. The second-order valence-electron chi connectivity index (χ2n) is 3.71. The molecule has 0 aliphatic heterocycles. The van der Waals surface area contributed by atoms with Crippen molar-refractivity contribution in [2.75, 3.05) is 0 Å². The molecular formula is C10H13NNaO2S. The van der Waals surface area contributed by atoms with Crippen molar-refractivity contribution in [2.45, 2.75) is 30.7 Å². The van der Waals surface area contributed by atoms with E-state index in [1.165, 1.54) is 0 Å². The third-order valence-corrected chi connectivity index (χ3v) is 3.77. The van der Waals surface area contributed by atoms with Crippen LogP contribution in [0.1, 0.15) is 18.4 Å². The van der Waals surface area contributed by atoms with Crippen molar-refractivity contribution >= 4 is 39.6 Å². The van der Waals surface area contributed by atoms with Crippen LogP contribution in [0.25, 0.3) is 0 Å². The number of benzene rings is 1. The van der Waals surface area contributed by atoms with Crippen molar-refractivity contribution in [2.24, 2.45) is 0 Å². The molecule has 3 nitrogen and oxygen atoms in total. The van der Waals surface area contributed by atoms with E-state index in [-0.39, 0.29) is 35.6 Å². The van der Waals surface area contributed by atoms with Crippen LogP contribution in [0.5, 0.6) is 0 Å². The first kappa shape index (κ1) is 13.2. The number of rotatable bonds is 3. The molecule has 1 aromatic carbocycles. The SMILES string of the molecule is Cc1ccc(S(=O)(=O)NC2CC2)cc1.[Na]. The van der Waals surface area contributed by atoms with Gasteiger partial charge >= 0.3 is 0 Å². The maximum atomic E-state index is 11.7. The van der Waals surface area contributed by atoms with Gasteiger partial charge in [-0.25, -0.2) is 13.1 Å². The summed E-state index contributed by atoms with van der Waals surface area (Å²) in [7, 11) is -3.26. The van der Waals surface area contributed by atoms with Gasteiger partial charge in [-0.2, -0.15) is 0 Å². The average Bonchev–Trinajstić information content (AvgIpc) is 2.88. The predicted octanol–water partition coefficient (Wildman–Crippen LogP) is 1.05. The molecule has 1 fully saturated rings. The number of hydrogen-bond donors (Lipinski definition) is 1. The third-order valence-electron chi connectivity index (χ3n) is 2.23. The normalized spacial score (nSPS) is 15.8.